The zero-order valence-corrected chi connectivity index (χ0v) is 22.1. The number of hydrogen-bond donors (Lipinski definition) is 3. The van der Waals surface area contributed by atoms with Gasteiger partial charge in [0, 0.05) is 44.9 Å². The molecule has 0 spiro atoms. The third kappa shape index (κ3) is 8.78. The number of alkyl halides is 1. The highest BCUT2D eigenvalue weighted by atomic mass is 19.1. The number of nitrogens with zero attached hydrogens (tertiary/aromatic N) is 4. The Morgan fingerprint density at radius 3 is 2.89 bits per heavy atom. The molecule has 204 valence electrons. The molecule has 3 N–H and O–H groups in total. The van der Waals surface area contributed by atoms with Crippen LogP contribution in [0.3, 0.4) is 0 Å². The summed E-state index contributed by atoms with van der Waals surface area (Å²) >= 11 is 0. The molecule has 0 radical (unpaired) electrons. The first-order valence-electron chi connectivity index (χ1n) is 12.9. The normalized spacial score (nSPS) is 14.5. The van der Waals surface area contributed by atoms with Crippen molar-refractivity contribution in [3.05, 3.63) is 35.7 Å². The summed E-state index contributed by atoms with van der Waals surface area (Å²) in [4.78, 5) is 23.0. The van der Waals surface area contributed by atoms with E-state index in [2.05, 4.69) is 27.8 Å². The average molecular weight is 520 g/mol. The smallest absolute Gasteiger partial charge is 0.442 e. The van der Waals surface area contributed by atoms with Crippen LogP contribution < -0.4 is 20.1 Å². The van der Waals surface area contributed by atoms with Gasteiger partial charge < -0.3 is 24.9 Å². The Morgan fingerprint density at radius 2 is 2.14 bits per heavy atom. The summed E-state index contributed by atoms with van der Waals surface area (Å²) in [5, 5.41) is 16.7. The van der Waals surface area contributed by atoms with Gasteiger partial charge >= 0.3 is 6.01 Å². The number of methoxy groups -OCH3 is 2. The van der Waals surface area contributed by atoms with Crippen LogP contribution in [0.5, 0.6) is 6.01 Å². The van der Waals surface area contributed by atoms with E-state index in [1.165, 1.54) is 32.9 Å². The third-order valence-electron chi connectivity index (χ3n) is 6.47. The monoisotopic (exact) mass is 519 g/mol. The molecule has 0 aliphatic carbocycles. The van der Waals surface area contributed by atoms with Gasteiger partial charge in [-0.3, -0.25) is 10.1 Å². The van der Waals surface area contributed by atoms with Crippen LogP contribution in [-0.2, 0) is 22.4 Å². The van der Waals surface area contributed by atoms with E-state index >= 15 is 0 Å². The molecule has 3 rings (SSSR count). The molecule has 2 aromatic rings. The zero-order valence-electron chi connectivity index (χ0n) is 22.1. The Kier molecular flexibility index (Phi) is 11.3. The fourth-order valence-electron chi connectivity index (χ4n) is 4.47. The van der Waals surface area contributed by atoms with Crippen molar-refractivity contribution in [3.63, 3.8) is 0 Å². The van der Waals surface area contributed by atoms with Gasteiger partial charge in [0.05, 0.1) is 13.7 Å². The number of hydrogen-bond acceptors (Lipinski definition) is 9. The highest BCUT2D eigenvalue weighted by molar-refractivity contribution is 5.83. The molecule has 10 nitrogen and oxygen atoms in total. The van der Waals surface area contributed by atoms with Gasteiger partial charge in [-0.2, -0.15) is 0 Å². The first-order valence-corrected chi connectivity index (χ1v) is 12.9. The van der Waals surface area contributed by atoms with Crippen molar-refractivity contribution < 1.29 is 28.6 Å². The van der Waals surface area contributed by atoms with Gasteiger partial charge in [-0.1, -0.05) is 11.1 Å². The molecule has 1 aliphatic rings. The van der Waals surface area contributed by atoms with E-state index in [0.29, 0.717) is 19.5 Å². The molecule has 37 heavy (non-hydrogen) atoms. The lowest BCUT2D eigenvalue weighted by molar-refractivity contribution is -0.897. The summed E-state index contributed by atoms with van der Waals surface area (Å²) in [6, 6.07) is 5.25. The van der Waals surface area contributed by atoms with Crippen molar-refractivity contribution in [1.29, 1.82) is 0 Å². The van der Waals surface area contributed by atoms with E-state index in [0.717, 1.165) is 54.9 Å². The molecular formula is C26H40FN6O4+. The minimum Gasteiger partial charge on any atom is -0.442 e. The van der Waals surface area contributed by atoms with Crippen LogP contribution in [0.15, 0.2) is 24.4 Å². The molecule has 0 fully saturated rings. The van der Waals surface area contributed by atoms with Crippen LogP contribution in [0.1, 0.15) is 43.9 Å². The summed E-state index contributed by atoms with van der Waals surface area (Å²) in [5.41, 5.74) is 2.34. The predicted octanol–water partition coefficient (Wildman–Crippen LogP) is 2.44. The summed E-state index contributed by atoms with van der Waals surface area (Å²) in [6.45, 7) is 3.91. The summed E-state index contributed by atoms with van der Waals surface area (Å²) in [5.74, 6) is 1.20. The van der Waals surface area contributed by atoms with Crippen molar-refractivity contribution in [2.75, 3.05) is 57.6 Å². The summed E-state index contributed by atoms with van der Waals surface area (Å²) in [6.07, 6.45) is 5.67. The quantitative estimate of drug-likeness (QED) is 0.175. The number of ketones is 1. The number of pyridine rings is 1. The van der Waals surface area contributed by atoms with E-state index in [1.54, 1.807) is 6.07 Å². The van der Waals surface area contributed by atoms with E-state index in [-0.39, 0.29) is 30.8 Å². The molecule has 0 aromatic carbocycles. The SMILES string of the molecule is COC[C@@H](F)CN(CCCCc1ccc2c(n1)NCCC2)CC[C@H](Nc1ccnc(OC)[n+]1O)C(C)=O. The number of aromatic nitrogens is 3. The number of aryl methyl sites for hydroxylation is 2. The van der Waals surface area contributed by atoms with E-state index < -0.39 is 12.2 Å². The van der Waals surface area contributed by atoms with Gasteiger partial charge in [0.1, 0.15) is 24.2 Å². The van der Waals surface area contributed by atoms with Crippen molar-refractivity contribution in [3.8, 4) is 6.01 Å². The van der Waals surface area contributed by atoms with Gasteiger partial charge in [-0.05, 0) is 61.9 Å². The molecule has 3 heterocycles. The Hall–Kier alpha value is -3.05. The standard InChI is InChI=1S/C26H39FN6O4/c1-19(34)23(31-24-11-14-29-26(37-3)33(24)35)12-16-32(17-21(27)18-36-2)15-5-4-8-22-10-9-20-7-6-13-28-25(20)30-22/h9-11,14,21,23,35H,4-8,12-13,15-18H2,1-3H3,(H,28,30)/p+1/t21-,23-/m0/s1. The number of halogens is 1. The number of nitrogens with one attached hydrogen (secondary N) is 2. The Balaban J connectivity index is 1.55. The van der Waals surface area contributed by atoms with Crippen LogP contribution in [0.25, 0.3) is 0 Å². The maximum Gasteiger partial charge on any atom is 0.471 e. The molecule has 11 heteroatoms. The topological polar surface area (TPSA) is 113 Å². The second-order valence-electron chi connectivity index (χ2n) is 9.38. The maximum absolute atomic E-state index is 14.4. The van der Waals surface area contributed by atoms with Gasteiger partial charge in [0.15, 0.2) is 5.78 Å². The van der Waals surface area contributed by atoms with Crippen molar-refractivity contribution in [1.82, 2.24) is 14.9 Å². The maximum atomic E-state index is 14.4. The zero-order chi connectivity index (χ0) is 26.6. The molecular weight excluding hydrogens is 479 g/mol. The Morgan fingerprint density at radius 1 is 1.30 bits per heavy atom. The van der Waals surface area contributed by atoms with Crippen LogP contribution in [-0.4, -0.2) is 85.1 Å². The number of Topliss-reactive ketones (excluding diaryl/α,β-unsaturated/α-hetero) is 1. The third-order valence-corrected chi connectivity index (χ3v) is 6.47. The van der Waals surface area contributed by atoms with Crippen LogP contribution >= 0.6 is 0 Å². The predicted molar refractivity (Wildman–Crippen MR) is 138 cm³/mol. The second-order valence-corrected chi connectivity index (χ2v) is 9.38. The molecule has 2 atom stereocenters. The minimum atomic E-state index is -1.12. The van der Waals surface area contributed by atoms with E-state index in [1.807, 2.05) is 4.90 Å². The van der Waals surface area contributed by atoms with Crippen LogP contribution in [0, 0.1) is 0 Å². The first-order chi connectivity index (χ1) is 17.9. The lowest BCUT2D eigenvalue weighted by atomic mass is 10.1. The number of anilines is 2. The van der Waals surface area contributed by atoms with Crippen molar-refractivity contribution in [2.45, 2.75) is 57.7 Å². The van der Waals surface area contributed by atoms with Crippen LogP contribution in [0.4, 0.5) is 16.0 Å². The number of fused-ring (bicyclic) bond motifs is 1. The number of rotatable bonds is 16. The highest BCUT2D eigenvalue weighted by Gasteiger charge is 2.24. The van der Waals surface area contributed by atoms with E-state index in [4.69, 9.17) is 14.5 Å². The van der Waals surface area contributed by atoms with Gasteiger partial charge in [0.2, 0.25) is 0 Å². The molecule has 2 aromatic heterocycles. The first kappa shape index (κ1) is 28.5. The van der Waals surface area contributed by atoms with Gasteiger partial charge in [-0.25, -0.2) is 9.37 Å². The molecule has 0 amide bonds. The Labute approximate surface area is 218 Å². The fraction of sp³-hybridized carbons (Fsp3) is 0.615. The summed E-state index contributed by atoms with van der Waals surface area (Å²) < 4.78 is 25.2. The number of ether oxygens (including phenoxy) is 2. The minimum absolute atomic E-state index is 0.00189. The fourth-order valence-corrected chi connectivity index (χ4v) is 4.47. The molecule has 1 aliphatic heterocycles. The Bertz CT molecular complexity index is 1010. The molecule has 0 saturated carbocycles. The highest BCUT2D eigenvalue weighted by Crippen LogP contribution is 2.20. The lowest BCUT2D eigenvalue weighted by Gasteiger charge is -2.25. The average Bonchev–Trinajstić information content (AvgIpc) is 2.89. The van der Waals surface area contributed by atoms with Crippen molar-refractivity contribution >= 4 is 17.4 Å². The van der Waals surface area contributed by atoms with Gasteiger partial charge in [0.25, 0.3) is 5.82 Å². The second kappa shape index (κ2) is 14.6. The number of carbonyl (C=O) groups excluding carboxylic acids is 1. The molecule has 0 bridgehead atoms. The summed E-state index contributed by atoms with van der Waals surface area (Å²) in [7, 11) is 2.88. The van der Waals surface area contributed by atoms with Crippen LogP contribution in [0.2, 0.25) is 0 Å². The molecule has 0 saturated heterocycles. The van der Waals surface area contributed by atoms with Crippen molar-refractivity contribution in [2.24, 2.45) is 0 Å². The van der Waals surface area contributed by atoms with Gasteiger partial charge in [-0.15, -0.1) is 0 Å². The lowest BCUT2D eigenvalue weighted by Crippen LogP contribution is -2.42. The van der Waals surface area contributed by atoms with E-state index in [9.17, 15) is 14.4 Å². The number of carbonyl (C=O) groups is 1. The number of unbranched alkanes of at least 4 members (excludes halogenated alkanes) is 1. The largest absolute Gasteiger partial charge is 0.471 e. The molecule has 0 unspecified atom stereocenters.